The zero-order valence-electron chi connectivity index (χ0n) is 25.1. The molecule has 2 heterocycles. The predicted molar refractivity (Wildman–Crippen MR) is 161 cm³/mol. The van der Waals surface area contributed by atoms with Gasteiger partial charge in [0, 0.05) is 38.1 Å². The molecule has 1 aliphatic carbocycles. The van der Waals surface area contributed by atoms with E-state index in [-0.39, 0.29) is 25.0 Å². The standard InChI is InChI=1S/C33H44FN3O5/c1-6-23(2)19-24(3)28(20-25-13-9-7-10-14-25)36-33(5,42-26-15-11-8-12-16-26)40-22-27-21-32(4,34)30(41-27)37-18-17-29(38)35-31(37)39/h6-11,13-15,17-18,23-24,27-28,30,36H,1,12,16,19-22H2,2-5H3,(H,35,38,39)/t23?,24?,27-,28?,30+,32+,33-/m0/s1. The number of halogens is 1. The second-order valence-corrected chi connectivity index (χ2v) is 11.9. The van der Waals surface area contributed by atoms with Crippen molar-refractivity contribution < 1.29 is 18.6 Å². The molecular weight excluding hydrogens is 537 g/mol. The van der Waals surface area contributed by atoms with Crippen LogP contribution in [0.15, 0.2) is 88.8 Å². The van der Waals surface area contributed by atoms with Gasteiger partial charge >= 0.3 is 5.69 Å². The number of aromatic amines is 1. The zero-order valence-corrected chi connectivity index (χ0v) is 25.1. The van der Waals surface area contributed by atoms with Crippen molar-refractivity contribution in [3.05, 3.63) is 106 Å². The summed E-state index contributed by atoms with van der Waals surface area (Å²) in [5.74, 6) is 0.129. The molecule has 7 atom stereocenters. The quantitative estimate of drug-likeness (QED) is 0.225. The number of aromatic nitrogens is 2. The molecule has 1 fully saturated rings. The molecule has 228 valence electrons. The lowest BCUT2D eigenvalue weighted by atomic mass is 9.87. The van der Waals surface area contributed by atoms with Crippen molar-refractivity contribution in [2.45, 2.75) is 89.8 Å². The number of nitrogens with zero attached hydrogens (tertiary/aromatic N) is 1. The van der Waals surface area contributed by atoms with E-state index in [2.05, 4.69) is 48.9 Å². The fourth-order valence-corrected chi connectivity index (χ4v) is 5.70. The van der Waals surface area contributed by atoms with Crippen LogP contribution < -0.4 is 16.6 Å². The lowest BCUT2D eigenvalue weighted by molar-refractivity contribution is -0.244. The van der Waals surface area contributed by atoms with E-state index >= 15 is 4.39 Å². The number of nitrogens with one attached hydrogen (secondary N) is 2. The summed E-state index contributed by atoms with van der Waals surface area (Å²) in [5, 5.41) is 3.67. The Morgan fingerprint density at radius 1 is 1.29 bits per heavy atom. The number of allylic oxidation sites excluding steroid dienone is 5. The van der Waals surface area contributed by atoms with E-state index in [1.54, 1.807) is 0 Å². The second kappa shape index (κ2) is 13.8. The molecule has 2 aliphatic rings. The molecule has 4 rings (SSSR count). The van der Waals surface area contributed by atoms with Gasteiger partial charge in [0.1, 0.15) is 5.76 Å². The number of rotatable bonds is 14. The number of ether oxygens (including phenoxy) is 3. The number of H-pyrrole nitrogens is 1. The summed E-state index contributed by atoms with van der Waals surface area (Å²) in [6.07, 6.45) is 10.7. The molecule has 1 saturated heterocycles. The number of hydrogen-bond acceptors (Lipinski definition) is 6. The van der Waals surface area contributed by atoms with Gasteiger partial charge in [-0.25, -0.2) is 9.18 Å². The molecule has 0 amide bonds. The summed E-state index contributed by atoms with van der Waals surface area (Å²) in [7, 11) is 0. The largest absolute Gasteiger partial charge is 0.454 e. The number of alkyl halides is 1. The Hall–Kier alpha value is -3.27. The first-order valence-electron chi connectivity index (χ1n) is 14.8. The average Bonchev–Trinajstić information content (AvgIpc) is 3.26. The van der Waals surface area contributed by atoms with Crippen molar-refractivity contribution in [1.82, 2.24) is 14.9 Å². The van der Waals surface area contributed by atoms with Gasteiger partial charge in [-0.3, -0.25) is 19.7 Å². The van der Waals surface area contributed by atoms with Crippen LogP contribution in [0.4, 0.5) is 4.39 Å². The van der Waals surface area contributed by atoms with Gasteiger partial charge in [-0.1, -0.05) is 62.4 Å². The second-order valence-electron chi connectivity index (χ2n) is 11.9. The first-order valence-corrected chi connectivity index (χ1v) is 14.8. The van der Waals surface area contributed by atoms with Crippen molar-refractivity contribution in [3.8, 4) is 0 Å². The molecule has 0 spiro atoms. The fraction of sp³-hybridized carbons (Fsp3) is 0.515. The third-order valence-electron chi connectivity index (χ3n) is 7.99. The topological polar surface area (TPSA) is 94.6 Å². The molecule has 0 radical (unpaired) electrons. The van der Waals surface area contributed by atoms with E-state index in [4.69, 9.17) is 14.2 Å². The maximum absolute atomic E-state index is 15.7. The highest BCUT2D eigenvalue weighted by Crippen LogP contribution is 2.40. The number of benzene rings is 1. The predicted octanol–water partition coefficient (Wildman–Crippen LogP) is 5.54. The molecule has 9 heteroatoms. The Morgan fingerprint density at radius 3 is 2.71 bits per heavy atom. The SMILES string of the molecule is C=CC(C)CC(C)C(Cc1ccccc1)N[C@@](C)(OC[C@@H]1C[C@@](C)(F)[C@H](n2ccc(=O)[nH]c2=O)O1)OC1=CC=CCC1. The Kier molecular flexibility index (Phi) is 10.4. The Bertz CT molecular complexity index is 1370. The van der Waals surface area contributed by atoms with Crippen LogP contribution in [0.3, 0.4) is 0 Å². The molecule has 1 aromatic heterocycles. The monoisotopic (exact) mass is 581 g/mol. The van der Waals surface area contributed by atoms with Crippen LogP contribution in [0.2, 0.25) is 0 Å². The summed E-state index contributed by atoms with van der Waals surface area (Å²) in [4.78, 5) is 26.1. The lowest BCUT2D eigenvalue weighted by Crippen LogP contribution is -2.55. The van der Waals surface area contributed by atoms with Gasteiger partial charge in [0.15, 0.2) is 11.9 Å². The van der Waals surface area contributed by atoms with Crippen LogP contribution in [0.5, 0.6) is 0 Å². The van der Waals surface area contributed by atoms with Crippen molar-refractivity contribution in [1.29, 1.82) is 0 Å². The Balaban J connectivity index is 1.55. The molecule has 42 heavy (non-hydrogen) atoms. The molecule has 3 unspecified atom stereocenters. The molecule has 2 N–H and O–H groups in total. The van der Waals surface area contributed by atoms with Crippen LogP contribution in [0.1, 0.15) is 65.2 Å². The third kappa shape index (κ3) is 8.40. The number of hydrogen-bond donors (Lipinski definition) is 2. The summed E-state index contributed by atoms with van der Waals surface area (Å²) in [6, 6.07) is 11.5. The molecular formula is C33H44FN3O5. The summed E-state index contributed by atoms with van der Waals surface area (Å²) in [5.41, 5.74) is -1.95. The van der Waals surface area contributed by atoms with E-state index in [1.165, 1.54) is 24.8 Å². The van der Waals surface area contributed by atoms with Crippen LogP contribution in [-0.4, -0.2) is 39.9 Å². The highest BCUT2D eigenvalue weighted by molar-refractivity contribution is 5.17. The maximum Gasteiger partial charge on any atom is 0.330 e. The fourth-order valence-electron chi connectivity index (χ4n) is 5.70. The minimum atomic E-state index is -1.86. The minimum Gasteiger partial charge on any atom is -0.454 e. The van der Waals surface area contributed by atoms with Crippen LogP contribution in [0, 0.1) is 11.8 Å². The first-order chi connectivity index (χ1) is 20.0. The van der Waals surface area contributed by atoms with Crippen molar-refractivity contribution >= 4 is 0 Å². The zero-order chi connectivity index (χ0) is 30.3. The first kappa shape index (κ1) is 31.7. The summed E-state index contributed by atoms with van der Waals surface area (Å²) < 4.78 is 35.7. The minimum absolute atomic E-state index is 0.00540. The molecule has 1 aromatic carbocycles. The van der Waals surface area contributed by atoms with Crippen LogP contribution in [-0.2, 0) is 20.6 Å². The van der Waals surface area contributed by atoms with Gasteiger partial charge in [0.2, 0.25) is 0 Å². The van der Waals surface area contributed by atoms with E-state index in [9.17, 15) is 9.59 Å². The Labute approximate surface area is 247 Å². The van der Waals surface area contributed by atoms with Crippen molar-refractivity contribution in [2.24, 2.45) is 11.8 Å². The molecule has 0 saturated carbocycles. The van der Waals surface area contributed by atoms with Gasteiger partial charge in [0.05, 0.1) is 12.7 Å². The van der Waals surface area contributed by atoms with Gasteiger partial charge in [-0.2, -0.15) is 0 Å². The normalized spacial score (nSPS) is 25.7. The third-order valence-corrected chi connectivity index (χ3v) is 7.99. The van der Waals surface area contributed by atoms with E-state index in [0.29, 0.717) is 5.92 Å². The van der Waals surface area contributed by atoms with Gasteiger partial charge < -0.3 is 14.2 Å². The van der Waals surface area contributed by atoms with Gasteiger partial charge in [-0.15, -0.1) is 6.58 Å². The molecule has 0 bridgehead atoms. The highest BCUT2D eigenvalue weighted by atomic mass is 19.1. The highest BCUT2D eigenvalue weighted by Gasteiger charge is 2.48. The van der Waals surface area contributed by atoms with Gasteiger partial charge in [0.25, 0.3) is 11.5 Å². The van der Waals surface area contributed by atoms with Crippen molar-refractivity contribution in [3.63, 3.8) is 0 Å². The Morgan fingerprint density at radius 2 is 2.05 bits per heavy atom. The molecule has 8 nitrogen and oxygen atoms in total. The van der Waals surface area contributed by atoms with Gasteiger partial charge in [-0.05, 0) is 49.7 Å². The van der Waals surface area contributed by atoms with Crippen molar-refractivity contribution in [2.75, 3.05) is 6.61 Å². The maximum atomic E-state index is 15.7. The van der Waals surface area contributed by atoms with Crippen LogP contribution >= 0.6 is 0 Å². The molecule has 2 aromatic rings. The summed E-state index contributed by atoms with van der Waals surface area (Å²) >= 11 is 0. The average molecular weight is 582 g/mol. The molecule has 1 aliphatic heterocycles. The van der Waals surface area contributed by atoms with E-state index in [0.717, 1.165) is 36.0 Å². The van der Waals surface area contributed by atoms with E-state index in [1.807, 2.05) is 43.4 Å². The summed E-state index contributed by atoms with van der Waals surface area (Å²) in [6.45, 7) is 11.6. The van der Waals surface area contributed by atoms with Crippen LogP contribution in [0.25, 0.3) is 0 Å². The lowest BCUT2D eigenvalue weighted by Gasteiger charge is -2.39. The smallest absolute Gasteiger partial charge is 0.330 e. The van der Waals surface area contributed by atoms with E-state index < -0.39 is 35.2 Å².